The maximum Gasteiger partial charge on any atom is 0.339 e. The number of anilines is 1. The maximum atomic E-state index is 10.9. The van der Waals surface area contributed by atoms with Crippen molar-refractivity contribution >= 4 is 17.7 Å². The summed E-state index contributed by atoms with van der Waals surface area (Å²) < 4.78 is 0. The Balaban J connectivity index is 2.91. The van der Waals surface area contributed by atoms with Crippen molar-refractivity contribution in [1.29, 1.82) is 0 Å². The zero-order valence-electron chi connectivity index (χ0n) is 7.94. The first kappa shape index (κ1) is 10.8. The number of aromatic hydroxyl groups is 1. The fourth-order valence-electron chi connectivity index (χ4n) is 0.984. The lowest BCUT2D eigenvalue weighted by Gasteiger charge is -2.05. The highest BCUT2D eigenvalue weighted by molar-refractivity contribution is 5.93. The van der Waals surface area contributed by atoms with E-state index in [0.717, 1.165) is 0 Å². The van der Waals surface area contributed by atoms with E-state index in [1.165, 1.54) is 25.2 Å². The minimum absolute atomic E-state index is 0.211. The predicted molar refractivity (Wildman–Crippen MR) is 53.1 cm³/mol. The molecule has 80 valence electrons. The molecule has 0 bridgehead atoms. The lowest BCUT2D eigenvalue weighted by atomic mass is 10.2. The third-order valence-corrected chi connectivity index (χ3v) is 1.71. The number of hydrogen-bond donors (Lipinski definition) is 4. The smallest absolute Gasteiger partial charge is 0.339 e. The molecule has 15 heavy (non-hydrogen) atoms. The number of rotatable bonds is 2. The molecule has 0 aliphatic heterocycles. The van der Waals surface area contributed by atoms with Gasteiger partial charge in [0.25, 0.3) is 0 Å². The quantitative estimate of drug-likeness (QED) is 0.581. The average molecular weight is 210 g/mol. The van der Waals surface area contributed by atoms with Crippen LogP contribution in [0, 0.1) is 0 Å². The van der Waals surface area contributed by atoms with Crippen LogP contribution in [0.3, 0.4) is 0 Å². The molecule has 0 saturated carbocycles. The molecular formula is C9H10N2O4. The molecule has 0 heterocycles. The molecule has 0 unspecified atom stereocenters. The zero-order valence-corrected chi connectivity index (χ0v) is 7.94. The number of hydrogen-bond acceptors (Lipinski definition) is 3. The van der Waals surface area contributed by atoms with Crippen molar-refractivity contribution in [2.75, 3.05) is 12.4 Å². The van der Waals surface area contributed by atoms with E-state index >= 15 is 0 Å². The molecule has 0 aliphatic carbocycles. The van der Waals surface area contributed by atoms with Gasteiger partial charge in [0.15, 0.2) is 0 Å². The van der Waals surface area contributed by atoms with Gasteiger partial charge in [-0.3, -0.25) is 0 Å². The van der Waals surface area contributed by atoms with Crippen LogP contribution in [-0.4, -0.2) is 29.3 Å². The van der Waals surface area contributed by atoms with Crippen molar-refractivity contribution in [1.82, 2.24) is 5.32 Å². The van der Waals surface area contributed by atoms with Gasteiger partial charge in [0.05, 0.1) is 0 Å². The molecule has 0 aromatic heterocycles. The number of carboxylic acids is 1. The first-order valence-electron chi connectivity index (χ1n) is 4.09. The summed E-state index contributed by atoms with van der Waals surface area (Å²) >= 11 is 0. The Morgan fingerprint density at radius 3 is 2.47 bits per heavy atom. The van der Waals surface area contributed by atoms with Crippen molar-refractivity contribution in [2.45, 2.75) is 0 Å². The van der Waals surface area contributed by atoms with Gasteiger partial charge in [0, 0.05) is 18.8 Å². The van der Waals surface area contributed by atoms with E-state index in [2.05, 4.69) is 10.6 Å². The van der Waals surface area contributed by atoms with Crippen molar-refractivity contribution in [2.24, 2.45) is 0 Å². The van der Waals surface area contributed by atoms with Gasteiger partial charge in [-0.05, 0) is 12.1 Å². The lowest BCUT2D eigenvalue weighted by molar-refractivity contribution is 0.0694. The van der Waals surface area contributed by atoms with Crippen molar-refractivity contribution < 1.29 is 19.8 Å². The van der Waals surface area contributed by atoms with Crippen LogP contribution >= 0.6 is 0 Å². The Labute approximate surface area is 85.5 Å². The summed E-state index contributed by atoms with van der Waals surface area (Å²) in [6, 6.07) is 3.32. The summed E-state index contributed by atoms with van der Waals surface area (Å²) in [5.74, 6) is -1.62. The minimum atomic E-state index is -1.22. The molecule has 0 radical (unpaired) electrons. The van der Waals surface area contributed by atoms with E-state index in [-0.39, 0.29) is 5.56 Å². The molecule has 6 nitrogen and oxygen atoms in total. The third-order valence-electron chi connectivity index (χ3n) is 1.71. The molecule has 0 aliphatic rings. The van der Waals surface area contributed by atoms with E-state index < -0.39 is 17.7 Å². The topological polar surface area (TPSA) is 98.7 Å². The van der Waals surface area contributed by atoms with Crippen LogP contribution in [0.2, 0.25) is 0 Å². The molecule has 1 aromatic carbocycles. The van der Waals surface area contributed by atoms with Gasteiger partial charge in [-0.25, -0.2) is 9.59 Å². The Kier molecular flexibility index (Phi) is 3.12. The Morgan fingerprint density at radius 1 is 1.33 bits per heavy atom. The Morgan fingerprint density at radius 2 is 2.00 bits per heavy atom. The van der Waals surface area contributed by atoms with Crippen LogP contribution in [0.5, 0.6) is 5.75 Å². The van der Waals surface area contributed by atoms with E-state index in [1.54, 1.807) is 0 Å². The van der Waals surface area contributed by atoms with Crippen LogP contribution in [0.1, 0.15) is 10.4 Å². The minimum Gasteiger partial charge on any atom is -0.507 e. The number of urea groups is 1. The summed E-state index contributed by atoms with van der Waals surface area (Å²) in [5, 5.41) is 22.6. The lowest BCUT2D eigenvalue weighted by Crippen LogP contribution is -2.24. The number of carbonyl (C=O) groups is 2. The summed E-state index contributed by atoms with van der Waals surface area (Å²) in [5.41, 5.74) is 0.106. The maximum absolute atomic E-state index is 10.9. The van der Waals surface area contributed by atoms with Gasteiger partial charge in [0.2, 0.25) is 0 Å². The first-order chi connectivity index (χ1) is 7.04. The van der Waals surface area contributed by atoms with Gasteiger partial charge in [0.1, 0.15) is 11.3 Å². The molecule has 1 aromatic rings. The largest absolute Gasteiger partial charge is 0.507 e. The molecule has 0 fully saturated rings. The van der Waals surface area contributed by atoms with Gasteiger partial charge < -0.3 is 20.8 Å². The number of carboxylic acid groups (broad SMARTS) is 1. The summed E-state index contributed by atoms with van der Waals surface area (Å²) in [6.07, 6.45) is 0. The predicted octanol–water partition coefficient (Wildman–Crippen LogP) is 0.842. The summed E-state index contributed by atoms with van der Waals surface area (Å²) in [7, 11) is 1.45. The highest BCUT2D eigenvalue weighted by Crippen LogP contribution is 2.21. The molecular weight excluding hydrogens is 200 g/mol. The average Bonchev–Trinajstić information content (AvgIpc) is 2.17. The summed E-state index contributed by atoms with van der Waals surface area (Å²) in [6.45, 7) is 0. The van der Waals surface area contributed by atoms with Gasteiger partial charge in [-0.1, -0.05) is 0 Å². The molecule has 0 saturated heterocycles. The SMILES string of the molecule is CNC(=O)Nc1ccc(C(=O)O)c(O)c1. The first-order valence-corrected chi connectivity index (χ1v) is 4.09. The van der Waals surface area contributed by atoms with Crippen LogP contribution in [0.25, 0.3) is 0 Å². The van der Waals surface area contributed by atoms with E-state index in [4.69, 9.17) is 5.11 Å². The molecule has 0 spiro atoms. The number of nitrogens with one attached hydrogen (secondary N) is 2. The highest BCUT2D eigenvalue weighted by atomic mass is 16.4. The fraction of sp³-hybridized carbons (Fsp3) is 0.111. The molecule has 2 amide bonds. The van der Waals surface area contributed by atoms with Crippen molar-refractivity contribution in [3.05, 3.63) is 23.8 Å². The standard InChI is InChI=1S/C9H10N2O4/c1-10-9(15)11-5-2-3-6(8(13)14)7(12)4-5/h2-4,12H,1H3,(H,13,14)(H2,10,11,15). The van der Waals surface area contributed by atoms with Gasteiger partial charge in [-0.15, -0.1) is 0 Å². The van der Waals surface area contributed by atoms with E-state index in [1.807, 2.05) is 0 Å². The number of carbonyl (C=O) groups excluding carboxylic acids is 1. The molecule has 6 heteroatoms. The van der Waals surface area contributed by atoms with Crippen LogP contribution < -0.4 is 10.6 Å². The molecule has 4 N–H and O–H groups in total. The molecule has 1 rings (SSSR count). The van der Waals surface area contributed by atoms with E-state index in [9.17, 15) is 14.7 Å². The van der Waals surface area contributed by atoms with Crippen LogP contribution in [-0.2, 0) is 0 Å². The third kappa shape index (κ3) is 2.60. The fourth-order valence-corrected chi connectivity index (χ4v) is 0.984. The van der Waals surface area contributed by atoms with Crippen molar-refractivity contribution in [3.8, 4) is 5.75 Å². The molecule has 0 atom stereocenters. The number of amides is 2. The van der Waals surface area contributed by atoms with Gasteiger partial charge in [-0.2, -0.15) is 0 Å². The van der Waals surface area contributed by atoms with Gasteiger partial charge >= 0.3 is 12.0 Å². The van der Waals surface area contributed by atoms with E-state index in [0.29, 0.717) is 5.69 Å². The van der Waals surface area contributed by atoms with Crippen LogP contribution in [0.15, 0.2) is 18.2 Å². The number of aromatic carboxylic acids is 1. The van der Waals surface area contributed by atoms with Crippen molar-refractivity contribution in [3.63, 3.8) is 0 Å². The highest BCUT2D eigenvalue weighted by Gasteiger charge is 2.10. The Hall–Kier alpha value is -2.24. The summed E-state index contributed by atoms with van der Waals surface area (Å²) in [4.78, 5) is 21.4. The second-order valence-electron chi connectivity index (χ2n) is 2.74. The zero-order chi connectivity index (χ0) is 11.4. The number of phenols is 1. The van der Waals surface area contributed by atoms with Crippen LogP contribution in [0.4, 0.5) is 10.5 Å². The number of benzene rings is 1. The normalized spacial score (nSPS) is 9.40. The Bertz CT molecular complexity index is 403. The second-order valence-corrected chi connectivity index (χ2v) is 2.74. The second kappa shape index (κ2) is 4.32. The monoisotopic (exact) mass is 210 g/mol.